The number of fused-ring (bicyclic) bond motifs is 1. The first-order valence-corrected chi connectivity index (χ1v) is 13.3. The van der Waals surface area contributed by atoms with E-state index in [1.807, 2.05) is 12.1 Å². The predicted octanol–water partition coefficient (Wildman–Crippen LogP) is 4.30. The lowest BCUT2D eigenvalue weighted by Gasteiger charge is -2.23. The van der Waals surface area contributed by atoms with E-state index in [1.54, 1.807) is 24.3 Å². The van der Waals surface area contributed by atoms with Crippen LogP contribution < -0.4 is 14.9 Å². The Labute approximate surface area is 196 Å². The van der Waals surface area contributed by atoms with Crippen LogP contribution in [0.5, 0.6) is 0 Å². The van der Waals surface area contributed by atoms with Gasteiger partial charge in [-0.05, 0) is 55.7 Å². The standard InChI is InChI=1S/C25H32N4O3S/c1-2-3-11-22(27-24-21-10-6-7-12-23(21)33(31,32)28-24)25(30)26-19-13-15-20(16-14-19)29-17-8-4-5-9-18-29/h6-7,10,12-16,22H,2-5,8-9,11,17-18H2,1H3,(H,26,30)(H,27,28). The van der Waals surface area contributed by atoms with Crippen molar-refractivity contribution >= 4 is 33.1 Å². The molecule has 1 amide bonds. The first-order valence-electron chi connectivity index (χ1n) is 11.8. The van der Waals surface area contributed by atoms with E-state index in [-0.39, 0.29) is 16.6 Å². The second-order valence-corrected chi connectivity index (χ2v) is 10.3. The molecule has 4 rings (SSSR count). The smallest absolute Gasteiger partial charge is 0.263 e. The summed E-state index contributed by atoms with van der Waals surface area (Å²) in [6, 6.07) is 14.0. The van der Waals surface area contributed by atoms with Crippen molar-refractivity contribution in [2.24, 2.45) is 4.99 Å². The zero-order chi connectivity index (χ0) is 23.3. The molecule has 8 heteroatoms. The van der Waals surface area contributed by atoms with Crippen molar-refractivity contribution in [3.05, 3.63) is 54.1 Å². The third-order valence-electron chi connectivity index (χ3n) is 6.19. The zero-order valence-corrected chi connectivity index (χ0v) is 19.9. The lowest BCUT2D eigenvalue weighted by Crippen LogP contribution is -2.30. The van der Waals surface area contributed by atoms with E-state index in [4.69, 9.17) is 0 Å². The van der Waals surface area contributed by atoms with Gasteiger partial charge in [0.25, 0.3) is 10.0 Å². The van der Waals surface area contributed by atoms with Gasteiger partial charge < -0.3 is 10.2 Å². The van der Waals surface area contributed by atoms with Crippen molar-refractivity contribution in [1.82, 2.24) is 4.72 Å². The number of benzene rings is 2. The molecule has 0 saturated carbocycles. The molecule has 2 N–H and O–H groups in total. The number of carbonyl (C=O) groups excluding carboxylic acids is 1. The topological polar surface area (TPSA) is 90.9 Å². The largest absolute Gasteiger partial charge is 0.372 e. The molecule has 176 valence electrons. The highest BCUT2D eigenvalue weighted by molar-refractivity contribution is 7.90. The number of rotatable bonds is 7. The zero-order valence-electron chi connectivity index (χ0n) is 19.1. The van der Waals surface area contributed by atoms with Crippen molar-refractivity contribution in [3.8, 4) is 0 Å². The molecule has 1 unspecified atom stereocenters. The van der Waals surface area contributed by atoms with E-state index in [9.17, 15) is 13.2 Å². The van der Waals surface area contributed by atoms with Crippen LogP contribution in [-0.2, 0) is 14.8 Å². The number of carbonyl (C=O) groups is 1. The third-order valence-corrected chi connectivity index (χ3v) is 7.58. The molecule has 2 aliphatic heterocycles. The Kier molecular flexibility index (Phi) is 7.33. The van der Waals surface area contributed by atoms with E-state index < -0.39 is 16.1 Å². The van der Waals surface area contributed by atoms with Crippen LogP contribution in [0.1, 0.15) is 57.4 Å². The molecule has 0 radical (unpaired) electrons. The number of amidine groups is 1. The third kappa shape index (κ3) is 5.55. The normalized spacial score (nSPS) is 19.4. The Morgan fingerprint density at radius 2 is 1.76 bits per heavy atom. The minimum Gasteiger partial charge on any atom is -0.372 e. The minimum atomic E-state index is -3.64. The van der Waals surface area contributed by atoms with Gasteiger partial charge in [-0.15, -0.1) is 0 Å². The highest BCUT2D eigenvalue weighted by atomic mass is 32.2. The van der Waals surface area contributed by atoms with Gasteiger partial charge in [-0.3, -0.25) is 14.5 Å². The molecule has 2 aliphatic rings. The number of anilines is 2. The predicted molar refractivity (Wildman–Crippen MR) is 132 cm³/mol. The van der Waals surface area contributed by atoms with Crippen LogP contribution in [0.3, 0.4) is 0 Å². The first kappa shape index (κ1) is 23.3. The molecule has 2 aromatic carbocycles. The molecule has 0 bridgehead atoms. The molecule has 1 fully saturated rings. The Morgan fingerprint density at radius 1 is 1.06 bits per heavy atom. The van der Waals surface area contributed by atoms with E-state index >= 15 is 0 Å². The first-order chi connectivity index (χ1) is 16.0. The number of hydrogen-bond acceptors (Lipinski definition) is 5. The van der Waals surface area contributed by atoms with Gasteiger partial charge in [0, 0.05) is 30.0 Å². The summed E-state index contributed by atoms with van der Waals surface area (Å²) in [5, 5.41) is 2.97. The van der Waals surface area contributed by atoms with Crippen molar-refractivity contribution in [1.29, 1.82) is 0 Å². The van der Waals surface area contributed by atoms with Crippen LogP contribution in [0.25, 0.3) is 0 Å². The van der Waals surface area contributed by atoms with E-state index in [0.717, 1.165) is 25.9 Å². The van der Waals surface area contributed by atoms with Crippen molar-refractivity contribution in [2.45, 2.75) is 62.8 Å². The average Bonchev–Trinajstić information content (AvgIpc) is 2.98. The Balaban J connectivity index is 1.50. The Hall–Kier alpha value is -2.87. The van der Waals surface area contributed by atoms with Gasteiger partial charge in [-0.1, -0.05) is 44.7 Å². The summed E-state index contributed by atoms with van der Waals surface area (Å²) in [4.78, 5) is 20.3. The quantitative estimate of drug-likeness (QED) is 0.634. The highest BCUT2D eigenvalue weighted by Gasteiger charge is 2.31. The SMILES string of the molecule is CCCCC(N=C1NS(=O)(=O)c2ccccc21)C(=O)Nc1ccc(N2CCCCCC2)cc1. The number of amides is 1. The lowest BCUT2D eigenvalue weighted by molar-refractivity contribution is -0.117. The molecule has 1 atom stereocenters. The summed E-state index contributed by atoms with van der Waals surface area (Å²) in [5.41, 5.74) is 2.40. The van der Waals surface area contributed by atoms with Crippen molar-refractivity contribution < 1.29 is 13.2 Å². The van der Waals surface area contributed by atoms with E-state index in [0.29, 0.717) is 17.7 Å². The molecule has 33 heavy (non-hydrogen) atoms. The Bertz CT molecular complexity index is 1100. The number of unbranched alkanes of at least 4 members (excludes halogenated alkanes) is 1. The van der Waals surface area contributed by atoms with E-state index in [1.165, 1.54) is 31.4 Å². The summed E-state index contributed by atoms with van der Waals surface area (Å²) < 4.78 is 27.3. The minimum absolute atomic E-state index is 0.197. The summed E-state index contributed by atoms with van der Waals surface area (Å²) >= 11 is 0. The molecule has 7 nitrogen and oxygen atoms in total. The Morgan fingerprint density at radius 3 is 2.45 bits per heavy atom. The van der Waals surface area contributed by atoms with Crippen LogP contribution in [0, 0.1) is 0 Å². The number of hydrogen-bond donors (Lipinski definition) is 2. The van der Waals surface area contributed by atoms with Crippen LogP contribution in [0.2, 0.25) is 0 Å². The highest BCUT2D eigenvalue weighted by Crippen LogP contribution is 2.24. The lowest BCUT2D eigenvalue weighted by atomic mass is 10.1. The summed E-state index contributed by atoms with van der Waals surface area (Å²) in [6.07, 6.45) is 7.27. The fraction of sp³-hybridized carbons (Fsp3) is 0.440. The molecule has 1 saturated heterocycles. The number of nitrogens with zero attached hydrogens (tertiary/aromatic N) is 2. The van der Waals surface area contributed by atoms with Crippen molar-refractivity contribution in [2.75, 3.05) is 23.3 Å². The molecule has 2 aromatic rings. The van der Waals surface area contributed by atoms with Crippen LogP contribution in [0.15, 0.2) is 58.4 Å². The molecule has 0 aromatic heterocycles. The fourth-order valence-electron chi connectivity index (χ4n) is 4.35. The molecule has 0 aliphatic carbocycles. The maximum atomic E-state index is 13.1. The van der Waals surface area contributed by atoms with Gasteiger partial charge in [0.15, 0.2) is 0 Å². The van der Waals surface area contributed by atoms with Gasteiger partial charge >= 0.3 is 0 Å². The van der Waals surface area contributed by atoms with Crippen LogP contribution >= 0.6 is 0 Å². The fourth-order valence-corrected chi connectivity index (χ4v) is 5.59. The van der Waals surface area contributed by atoms with Crippen molar-refractivity contribution in [3.63, 3.8) is 0 Å². The van der Waals surface area contributed by atoms with E-state index in [2.05, 4.69) is 39.0 Å². The monoisotopic (exact) mass is 468 g/mol. The average molecular weight is 469 g/mol. The molecular weight excluding hydrogens is 436 g/mol. The number of sulfonamides is 1. The van der Waals surface area contributed by atoms with Gasteiger partial charge in [0.05, 0.1) is 4.90 Å². The van der Waals surface area contributed by atoms with Gasteiger partial charge in [0.1, 0.15) is 11.9 Å². The maximum Gasteiger partial charge on any atom is 0.263 e. The second-order valence-electron chi connectivity index (χ2n) is 8.67. The summed E-state index contributed by atoms with van der Waals surface area (Å²) in [6.45, 7) is 4.19. The van der Waals surface area contributed by atoms with Gasteiger partial charge in [0.2, 0.25) is 5.91 Å². The van der Waals surface area contributed by atoms with Crippen LogP contribution in [-0.4, -0.2) is 39.3 Å². The molecular formula is C25H32N4O3S. The summed E-state index contributed by atoms with van der Waals surface area (Å²) in [7, 11) is -3.64. The number of nitrogens with one attached hydrogen (secondary N) is 2. The van der Waals surface area contributed by atoms with Crippen LogP contribution in [0.4, 0.5) is 11.4 Å². The molecule has 0 spiro atoms. The maximum absolute atomic E-state index is 13.1. The molecule has 2 heterocycles. The van der Waals surface area contributed by atoms with Gasteiger partial charge in [-0.25, -0.2) is 8.42 Å². The number of aliphatic imine (C=N–C) groups is 1. The van der Waals surface area contributed by atoms with Gasteiger partial charge in [-0.2, -0.15) is 0 Å². The summed E-state index contributed by atoms with van der Waals surface area (Å²) in [5.74, 6) is 0.000385. The second kappa shape index (κ2) is 10.4.